The molecule has 1 N–H and O–H groups in total. The number of likely N-dealkylation sites (N-methyl/N-ethyl adjacent to an activating group) is 1. The van der Waals surface area contributed by atoms with Gasteiger partial charge in [-0.1, -0.05) is 0 Å². The van der Waals surface area contributed by atoms with Crippen LogP contribution < -0.4 is 5.32 Å². The molecular formula is C12H20BrN3O2. The van der Waals surface area contributed by atoms with Gasteiger partial charge in [0.25, 0.3) is 0 Å². The fraction of sp³-hybridized carbons (Fsp3) is 0.750. The molecule has 0 amide bonds. The summed E-state index contributed by atoms with van der Waals surface area (Å²) in [5, 5.41) is 7.73. The third kappa shape index (κ3) is 2.93. The van der Waals surface area contributed by atoms with Crippen LogP contribution in [0.15, 0.2) is 4.47 Å². The van der Waals surface area contributed by atoms with Gasteiger partial charge >= 0.3 is 0 Å². The van der Waals surface area contributed by atoms with E-state index in [1.165, 1.54) is 5.69 Å². The monoisotopic (exact) mass is 317 g/mol. The molecule has 1 aliphatic heterocycles. The largest absolute Gasteiger partial charge is 0.376 e. The Morgan fingerprint density at radius 1 is 1.56 bits per heavy atom. The molecule has 0 spiro atoms. The molecule has 2 heterocycles. The minimum Gasteiger partial charge on any atom is -0.376 e. The van der Waals surface area contributed by atoms with Crippen molar-refractivity contribution in [2.24, 2.45) is 7.05 Å². The molecule has 0 aliphatic carbocycles. The van der Waals surface area contributed by atoms with Gasteiger partial charge < -0.3 is 14.8 Å². The van der Waals surface area contributed by atoms with Gasteiger partial charge in [-0.2, -0.15) is 5.10 Å². The van der Waals surface area contributed by atoms with Gasteiger partial charge in [0.2, 0.25) is 0 Å². The summed E-state index contributed by atoms with van der Waals surface area (Å²) in [5.74, 6) is 0. The van der Waals surface area contributed by atoms with E-state index in [0.717, 1.165) is 16.6 Å². The normalized spacial score (nSPS) is 22.1. The predicted molar refractivity (Wildman–Crippen MR) is 72.8 cm³/mol. The number of ether oxygens (including phenoxy) is 2. The van der Waals surface area contributed by atoms with Crippen LogP contribution in [-0.2, 0) is 22.9 Å². The second-order valence-electron chi connectivity index (χ2n) is 4.55. The highest BCUT2D eigenvalue weighted by atomic mass is 79.9. The van der Waals surface area contributed by atoms with Gasteiger partial charge in [-0.05, 0) is 29.9 Å². The lowest BCUT2D eigenvalue weighted by atomic mass is 10.1. The van der Waals surface area contributed by atoms with Crippen LogP contribution in [0.4, 0.5) is 0 Å². The minimum absolute atomic E-state index is 0.103. The number of rotatable bonds is 4. The molecule has 0 radical (unpaired) electrons. The van der Waals surface area contributed by atoms with Crippen molar-refractivity contribution in [3.05, 3.63) is 15.9 Å². The molecule has 2 atom stereocenters. The molecule has 6 heteroatoms. The summed E-state index contributed by atoms with van der Waals surface area (Å²) in [6.45, 7) is 4.03. The van der Waals surface area contributed by atoms with Crippen LogP contribution >= 0.6 is 15.9 Å². The number of aryl methyl sites for hydroxylation is 2. The Hall–Kier alpha value is -0.430. The molecule has 1 saturated heterocycles. The predicted octanol–water partition coefficient (Wildman–Crippen LogP) is 1.04. The lowest BCUT2D eigenvalue weighted by molar-refractivity contribution is -0.101. The molecule has 5 nitrogen and oxygen atoms in total. The number of aromatic nitrogens is 2. The van der Waals surface area contributed by atoms with Gasteiger partial charge in [0, 0.05) is 19.5 Å². The maximum absolute atomic E-state index is 5.76. The zero-order valence-electron chi connectivity index (χ0n) is 11.1. The van der Waals surface area contributed by atoms with Crippen molar-refractivity contribution in [1.29, 1.82) is 0 Å². The van der Waals surface area contributed by atoms with E-state index in [4.69, 9.17) is 9.47 Å². The first-order chi connectivity index (χ1) is 8.63. The first kappa shape index (κ1) is 14.0. The quantitative estimate of drug-likeness (QED) is 0.901. The third-order valence-electron chi connectivity index (χ3n) is 3.34. The van der Waals surface area contributed by atoms with Crippen molar-refractivity contribution in [1.82, 2.24) is 15.1 Å². The third-order valence-corrected chi connectivity index (χ3v) is 4.37. The molecule has 2 unspecified atom stereocenters. The average molecular weight is 318 g/mol. The van der Waals surface area contributed by atoms with Gasteiger partial charge in [0.15, 0.2) is 0 Å². The highest BCUT2D eigenvalue weighted by Crippen LogP contribution is 2.22. The zero-order valence-corrected chi connectivity index (χ0v) is 12.7. The summed E-state index contributed by atoms with van der Waals surface area (Å²) in [5.41, 5.74) is 2.20. The number of hydrogen-bond acceptors (Lipinski definition) is 4. The Balaban J connectivity index is 2.09. The van der Waals surface area contributed by atoms with E-state index in [1.807, 2.05) is 25.7 Å². The Bertz CT molecular complexity index is 402. The van der Waals surface area contributed by atoms with Crippen LogP contribution in [0.25, 0.3) is 0 Å². The molecule has 0 aromatic carbocycles. The van der Waals surface area contributed by atoms with E-state index < -0.39 is 0 Å². The minimum atomic E-state index is 0.103. The molecule has 1 aliphatic rings. The summed E-state index contributed by atoms with van der Waals surface area (Å²) >= 11 is 3.60. The van der Waals surface area contributed by atoms with E-state index in [2.05, 4.69) is 26.3 Å². The van der Waals surface area contributed by atoms with Crippen molar-refractivity contribution < 1.29 is 9.47 Å². The summed E-state index contributed by atoms with van der Waals surface area (Å²) in [7, 11) is 3.93. The van der Waals surface area contributed by atoms with Crippen LogP contribution in [-0.4, -0.2) is 48.8 Å². The second kappa shape index (κ2) is 6.14. The van der Waals surface area contributed by atoms with E-state index in [9.17, 15) is 0 Å². The summed E-state index contributed by atoms with van der Waals surface area (Å²) in [6, 6.07) is 0.233. The number of nitrogens with one attached hydrogen (secondary N) is 1. The first-order valence-corrected chi connectivity index (χ1v) is 6.97. The topological polar surface area (TPSA) is 48.3 Å². The molecule has 0 bridgehead atoms. The molecule has 1 aromatic rings. The Morgan fingerprint density at radius 3 is 2.83 bits per heavy atom. The lowest BCUT2D eigenvalue weighted by Crippen LogP contribution is -2.46. The highest BCUT2D eigenvalue weighted by Gasteiger charge is 2.26. The molecule has 1 aromatic heterocycles. The fourth-order valence-electron chi connectivity index (χ4n) is 2.27. The SMILES string of the molecule is CNC(Cc1c(Br)c(C)nn1C)C1COCCO1. The van der Waals surface area contributed by atoms with Crippen molar-refractivity contribution in [2.45, 2.75) is 25.5 Å². The van der Waals surface area contributed by atoms with Crippen LogP contribution in [0.2, 0.25) is 0 Å². The van der Waals surface area contributed by atoms with Crippen LogP contribution in [0, 0.1) is 6.92 Å². The number of halogens is 1. The molecule has 2 rings (SSSR count). The van der Waals surface area contributed by atoms with Gasteiger partial charge in [0.05, 0.1) is 41.8 Å². The second-order valence-corrected chi connectivity index (χ2v) is 5.35. The summed E-state index contributed by atoms with van der Waals surface area (Å²) in [6.07, 6.45) is 0.966. The van der Waals surface area contributed by atoms with Crippen LogP contribution in [0.5, 0.6) is 0 Å². The Kier molecular flexibility index (Phi) is 4.77. The van der Waals surface area contributed by atoms with Gasteiger partial charge in [-0.25, -0.2) is 0 Å². The Morgan fingerprint density at radius 2 is 2.33 bits per heavy atom. The van der Waals surface area contributed by atoms with Crippen molar-refractivity contribution >= 4 is 15.9 Å². The zero-order chi connectivity index (χ0) is 13.1. The maximum Gasteiger partial charge on any atom is 0.0965 e. The van der Waals surface area contributed by atoms with E-state index in [-0.39, 0.29) is 12.1 Å². The first-order valence-electron chi connectivity index (χ1n) is 6.18. The fourth-order valence-corrected chi connectivity index (χ4v) is 2.77. The smallest absolute Gasteiger partial charge is 0.0965 e. The lowest BCUT2D eigenvalue weighted by Gasteiger charge is -2.30. The average Bonchev–Trinajstić information content (AvgIpc) is 2.62. The standard InChI is InChI=1S/C12H20BrN3O2/c1-8-12(13)10(16(3)15-8)6-9(14-2)11-7-17-4-5-18-11/h9,11,14H,4-7H2,1-3H3. The molecule has 1 fully saturated rings. The van der Waals surface area contributed by atoms with E-state index in [0.29, 0.717) is 19.8 Å². The molecule has 18 heavy (non-hydrogen) atoms. The van der Waals surface area contributed by atoms with E-state index >= 15 is 0 Å². The van der Waals surface area contributed by atoms with Crippen LogP contribution in [0.1, 0.15) is 11.4 Å². The van der Waals surface area contributed by atoms with Gasteiger partial charge in [0.1, 0.15) is 0 Å². The van der Waals surface area contributed by atoms with Gasteiger partial charge in [-0.15, -0.1) is 0 Å². The number of hydrogen-bond donors (Lipinski definition) is 1. The van der Waals surface area contributed by atoms with Crippen molar-refractivity contribution in [2.75, 3.05) is 26.9 Å². The van der Waals surface area contributed by atoms with Crippen molar-refractivity contribution in [3.63, 3.8) is 0 Å². The molecule has 0 saturated carbocycles. The van der Waals surface area contributed by atoms with Gasteiger partial charge in [-0.3, -0.25) is 4.68 Å². The molecular weight excluding hydrogens is 298 g/mol. The maximum atomic E-state index is 5.76. The van der Waals surface area contributed by atoms with Crippen LogP contribution in [0.3, 0.4) is 0 Å². The summed E-state index contributed by atoms with van der Waals surface area (Å²) in [4.78, 5) is 0. The van der Waals surface area contributed by atoms with E-state index in [1.54, 1.807) is 0 Å². The van der Waals surface area contributed by atoms with Crippen molar-refractivity contribution in [3.8, 4) is 0 Å². The number of nitrogens with zero attached hydrogens (tertiary/aromatic N) is 2. The molecule has 102 valence electrons. The summed E-state index contributed by atoms with van der Waals surface area (Å²) < 4.78 is 14.2. The highest BCUT2D eigenvalue weighted by molar-refractivity contribution is 9.10. The Labute approximate surface area is 116 Å².